The molecule has 1 aromatic rings. The van der Waals surface area contributed by atoms with Crippen LogP contribution in [0.4, 0.5) is 0 Å². The molecule has 0 fully saturated rings. The largest absolute Gasteiger partial charge is 0.504 e. The SMILES string of the molecule is COC(O)(O)C(O)(NC(C)=O)C(=O)NC(O)(O)c1c(O)c(O)c(C)c(O)c1O. The molecule has 0 saturated carbocycles. The first-order chi connectivity index (χ1) is 12.5. The number of benzene rings is 1. The minimum atomic E-state index is -3.83. The molecule has 0 radical (unpaired) electrons. The smallest absolute Gasteiger partial charge is 0.338 e. The molecule has 0 heterocycles. The first-order valence-electron chi connectivity index (χ1n) is 7.28. The zero-order valence-electron chi connectivity index (χ0n) is 14.7. The van der Waals surface area contributed by atoms with Crippen LogP contribution in [0.3, 0.4) is 0 Å². The summed E-state index contributed by atoms with van der Waals surface area (Å²) in [6.07, 6.45) is 0. The van der Waals surface area contributed by atoms with E-state index < -0.39 is 63.5 Å². The fourth-order valence-electron chi connectivity index (χ4n) is 2.15. The molecule has 1 unspecified atom stereocenters. The van der Waals surface area contributed by atoms with Crippen LogP contribution < -0.4 is 10.6 Å². The Morgan fingerprint density at radius 1 is 0.857 bits per heavy atom. The van der Waals surface area contributed by atoms with E-state index >= 15 is 0 Å². The zero-order chi connectivity index (χ0) is 22.2. The van der Waals surface area contributed by atoms with Crippen molar-refractivity contribution < 1.29 is 60.3 Å². The van der Waals surface area contributed by atoms with Gasteiger partial charge in [-0.2, -0.15) is 0 Å². The highest BCUT2D eigenvalue weighted by Crippen LogP contribution is 2.48. The Bertz CT molecular complexity index is 777. The van der Waals surface area contributed by atoms with Crippen molar-refractivity contribution in [2.24, 2.45) is 0 Å². The topological polar surface area (TPSA) is 249 Å². The molecule has 0 saturated heterocycles. The molecular formula is C14H20N2O12. The summed E-state index contributed by atoms with van der Waals surface area (Å²) in [5, 5.41) is 91.1. The number of aliphatic hydroxyl groups is 5. The number of nitrogens with one attached hydrogen (secondary N) is 2. The maximum Gasteiger partial charge on any atom is 0.338 e. The van der Waals surface area contributed by atoms with Crippen LogP contribution in [-0.4, -0.2) is 76.6 Å². The molecule has 0 aliphatic heterocycles. The highest BCUT2D eigenvalue weighted by Gasteiger charge is 2.59. The number of aromatic hydroxyl groups is 4. The Morgan fingerprint density at radius 3 is 1.64 bits per heavy atom. The van der Waals surface area contributed by atoms with Crippen LogP contribution in [0.2, 0.25) is 0 Å². The molecule has 0 aliphatic rings. The summed E-state index contributed by atoms with van der Waals surface area (Å²) in [7, 11) is 0.610. The highest BCUT2D eigenvalue weighted by molar-refractivity contribution is 5.90. The van der Waals surface area contributed by atoms with E-state index in [1.54, 1.807) is 0 Å². The summed E-state index contributed by atoms with van der Waals surface area (Å²) in [5.41, 5.74) is -5.63. The van der Waals surface area contributed by atoms with Gasteiger partial charge in [0.1, 0.15) is 5.56 Å². The van der Waals surface area contributed by atoms with Gasteiger partial charge in [-0.3, -0.25) is 14.9 Å². The number of carbonyl (C=O) groups excluding carboxylic acids is 2. The molecule has 1 aromatic carbocycles. The van der Waals surface area contributed by atoms with E-state index in [9.17, 15) is 55.5 Å². The number of ether oxygens (including phenoxy) is 1. The number of phenols is 4. The van der Waals surface area contributed by atoms with Crippen LogP contribution in [-0.2, 0) is 20.2 Å². The van der Waals surface area contributed by atoms with Crippen molar-refractivity contribution in [3.8, 4) is 23.0 Å². The van der Waals surface area contributed by atoms with Crippen molar-refractivity contribution >= 4 is 11.8 Å². The number of phenolic OH excluding ortho intramolecular Hbond substituents is 4. The molecular weight excluding hydrogens is 388 g/mol. The lowest BCUT2D eigenvalue weighted by molar-refractivity contribution is -0.395. The standard InChI is InChI=1S/C14H20N2O12/c1-4-7(18)9(20)6(10(21)8(4)19)13(24,25)16-11(22)12(23,15-5(2)17)14(26,27)28-3/h18-21,23-27H,1-3H3,(H,15,17)(H,16,22). The van der Waals surface area contributed by atoms with Crippen molar-refractivity contribution in [3.63, 3.8) is 0 Å². The third-order valence-electron chi connectivity index (χ3n) is 3.71. The lowest BCUT2D eigenvalue weighted by Crippen LogP contribution is -2.73. The predicted octanol–water partition coefficient (Wildman–Crippen LogP) is -3.86. The third kappa shape index (κ3) is 3.72. The summed E-state index contributed by atoms with van der Waals surface area (Å²) in [4.78, 5) is 23.5. The number of amides is 2. The van der Waals surface area contributed by atoms with Crippen molar-refractivity contribution in [2.45, 2.75) is 31.5 Å². The Morgan fingerprint density at radius 2 is 1.29 bits per heavy atom. The van der Waals surface area contributed by atoms with Crippen LogP contribution in [0.15, 0.2) is 0 Å². The van der Waals surface area contributed by atoms with E-state index in [4.69, 9.17) is 0 Å². The average Bonchev–Trinajstić information content (AvgIpc) is 2.56. The van der Waals surface area contributed by atoms with Gasteiger partial charge in [-0.1, -0.05) is 0 Å². The molecule has 0 spiro atoms. The van der Waals surface area contributed by atoms with E-state index in [2.05, 4.69) is 4.74 Å². The van der Waals surface area contributed by atoms with Gasteiger partial charge in [0.2, 0.25) is 5.91 Å². The average molecular weight is 408 g/mol. The van der Waals surface area contributed by atoms with Gasteiger partial charge >= 0.3 is 11.7 Å². The highest BCUT2D eigenvalue weighted by atomic mass is 16.8. The summed E-state index contributed by atoms with van der Waals surface area (Å²) in [6.45, 7) is 1.80. The van der Waals surface area contributed by atoms with Gasteiger partial charge in [-0.25, -0.2) is 0 Å². The van der Waals surface area contributed by atoms with Crippen molar-refractivity contribution in [3.05, 3.63) is 11.1 Å². The van der Waals surface area contributed by atoms with Gasteiger partial charge in [0, 0.05) is 19.6 Å². The normalized spacial score (nSPS) is 14.3. The molecule has 14 heteroatoms. The van der Waals surface area contributed by atoms with E-state index in [1.807, 2.05) is 0 Å². The van der Waals surface area contributed by atoms with E-state index in [-0.39, 0.29) is 0 Å². The van der Waals surface area contributed by atoms with Gasteiger partial charge in [-0.05, 0) is 6.92 Å². The number of carbonyl (C=O) groups is 2. The second-order valence-corrected chi connectivity index (χ2v) is 5.72. The van der Waals surface area contributed by atoms with Gasteiger partial charge < -0.3 is 56.0 Å². The first-order valence-corrected chi connectivity index (χ1v) is 7.28. The molecule has 0 aromatic heterocycles. The minimum Gasteiger partial charge on any atom is -0.504 e. The Hall–Kier alpha value is -2.88. The van der Waals surface area contributed by atoms with Gasteiger partial charge in [-0.15, -0.1) is 0 Å². The number of rotatable bonds is 6. The summed E-state index contributed by atoms with van der Waals surface area (Å²) in [6, 6.07) is 0. The predicted molar refractivity (Wildman–Crippen MR) is 85.0 cm³/mol. The van der Waals surface area contributed by atoms with E-state index in [0.717, 1.165) is 13.8 Å². The monoisotopic (exact) mass is 408 g/mol. The maximum absolute atomic E-state index is 12.3. The molecule has 0 bridgehead atoms. The van der Waals surface area contributed by atoms with Crippen LogP contribution >= 0.6 is 0 Å². The minimum absolute atomic E-state index is 0.459. The summed E-state index contributed by atoms with van der Waals surface area (Å²) < 4.78 is 4.09. The van der Waals surface area contributed by atoms with Crippen LogP contribution in [0.25, 0.3) is 0 Å². The number of hydrogen-bond donors (Lipinski definition) is 11. The molecule has 1 atom stereocenters. The molecule has 14 nitrogen and oxygen atoms in total. The molecule has 28 heavy (non-hydrogen) atoms. The fourth-order valence-corrected chi connectivity index (χ4v) is 2.15. The molecule has 11 N–H and O–H groups in total. The second-order valence-electron chi connectivity index (χ2n) is 5.72. The molecule has 0 aliphatic carbocycles. The fraction of sp³-hybridized carbons (Fsp3) is 0.429. The molecule has 1 rings (SSSR count). The van der Waals surface area contributed by atoms with Crippen molar-refractivity contribution in [1.82, 2.24) is 10.6 Å². The second kappa shape index (κ2) is 7.27. The Balaban J connectivity index is 3.50. The van der Waals surface area contributed by atoms with Gasteiger partial charge in [0.15, 0.2) is 23.0 Å². The maximum atomic E-state index is 12.3. The van der Waals surface area contributed by atoms with Crippen LogP contribution in [0.1, 0.15) is 18.1 Å². The number of methoxy groups -OCH3 is 1. The lowest BCUT2D eigenvalue weighted by Gasteiger charge is -2.38. The lowest BCUT2D eigenvalue weighted by atomic mass is 10.0. The summed E-state index contributed by atoms with van der Waals surface area (Å²) in [5.74, 6) is -15.9. The first kappa shape index (κ1) is 23.2. The van der Waals surface area contributed by atoms with Crippen LogP contribution in [0, 0.1) is 6.92 Å². The van der Waals surface area contributed by atoms with E-state index in [0.29, 0.717) is 7.11 Å². The van der Waals surface area contributed by atoms with Crippen molar-refractivity contribution in [2.75, 3.05) is 7.11 Å². The van der Waals surface area contributed by atoms with E-state index in [1.165, 1.54) is 10.6 Å². The molecule has 158 valence electrons. The van der Waals surface area contributed by atoms with Crippen molar-refractivity contribution in [1.29, 1.82) is 0 Å². The Labute approximate surface area is 156 Å². The zero-order valence-corrected chi connectivity index (χ0v) is 14.7. The van der Waals surface area contributed by atoms with Crippen LogP contribution in [0.5, 0.6) is 23.0 Å². The Kier molecular flexibility index (Phi) is 6.01. The quantitative estimate of drug-likeness (QED) is 0.123. The summed E-state index contributed by atoms with van der Waals surface area (Å²) >= 11 is 0. The third-order valence-corrected chi connectivity index (χ3v) is 3.71. The number of hydrogen-bond acceptors (Lipinski definition) is 12. The molecule has 2 amide bonds. The van der Waals surface area contributed by atoms with Gasteiger partial charge in [0.25, 0.3) is 11.8 Å². The van der Waals surface area contributed by atoms with Gasteiger partial charge in [0.05, 0.1) is 0 Å².